The van der Waals surface area contributed by atoms with E-state index < -0.39 is 0 Å². The summed E-state index contributed by atoms with van der Waals surface area (Å²) < 4.78 is 0. The molecule has 1 atom stereocenters. The van der Waals surface area contributed by atoms with Gasteiger partial charge in [-0.2, -0.15) is 0 Å². The average Bonchev–Trinajstić information content (AvgIpc) is 3.19. The number of nitrogens with zero attached hydrogens (tertiary/aromatic N) is 3. The summed E-state index contributed by atoms with van der Waals surface area (Å²) in [5.41, 5.74) is 0. The molecule has 1 aliphatic heterocycles. The average molecular weight is 322 g/mol. The largest absolute Gasteiger partial charge is 0.293 e. The third-order valence-corrected chi connectivity index (χ3v) is 6.12. The van der Waals surface area contributed by atoms with Gasteiger partial charge in [0.25, 0.3) is 0 Å². The molecular formula is C16H20ClN3S. The summed E-state index contributed by atoms with van der Waals surface area (Å²) in [7, 11) is 0. The fourth-order valence-corrected chi connectivity index (χ4v) is 5.13. The monoisotopic (exact) mass is 321 g/mol. The van der Waals surface area contributed by atoms with Gasteiger partial charge in [0.2, 0.25) is 0 Å². The molecule has 0 amide bonds. The highest BCUT2D eigenvalue weighted by Crippen LogP contribution is 2.36. The van der Waals surface area contributed by atoms with E-state index >= 15 is 0 Å². The molecule has 0 spiro atoms. The Morgan fingerprint density at radius 2 is 2.05 bits per heavy atom. The van der Waals surface area contributed by atoms with Crippen LogP contribution in [0.25, 0.3) is 10.2 Å². The minimum absolute atomic E-state index is 0.605. The van der Waals surface area contributed by atoms with Crippen LogP contribution < -0.4 is 0 Å². The molecule has 2 aliphatic rings. The van der Waals surface area contributed by atoms with Crippen molar-refractivity contribution in [2.24, 2.45) is 5.92 Å². The van der Waals surface area contributed by atoms with Crippen LogP contribution in [0, 0.1) is 5.92 Å². The van der Waals surface area contributed by atoms with Crippen molar-refractivity contribution in [2.45, 2.75) is 51.1 Å². The topological polar surface area (TPSA) is 29.0 Å². The number of thiophene rings is 1. The molecule has 21 heavy (non-hydrogen) atoms. The van der Waals surface area contributed by atoms with Crippen LogP contribution in [0.4, 0.5) is 0 Å². The van der Waals surface area contributed by atoms with Gasteiger partial charge in [-0.3, -0.25) is 4.90 Å². The molecule has 2 fully saturated rings. The smallest absolute Gasteiger partial charge is 0.145 e. The standard InChI is InChI=1S/C16H20ClN3S/c17-15-12-7-9-21-16(12)19-14(18-15)10-20-8-3-6-13(20)11-4-1-2-5-11/h7,9,11,13H,1-6,8,10H2. The van der Waals surface area contributed by atoms with Gasteiger partial charge in [0, 0.05) is 11.4 Å². The van der Waals surface area contributed by atoms with Crippen LogP contribution in [0.1, 0.15) is 44.3 Å². The maximum atomic E-state index is 6.29. The summed E-state index contributed by atoms with van der Waals surface area (Å²) >= 11 is 7.94. The second-order valence-corrected chi connectivity index (χ2v) is 7.55. The maximum absolute atomic E-state index is 6.29. The lowest BCUT2D eigenvalue weighted by Gasteiger charge is -2.28. The zero-order chi connectivity index (χ0) is 14.2. The van der Waals surface area contributed by atoms with E-state index in [4.69, 9.17) is 16.6 Å². The van der Waals surface area contributed by atoms with Crippen molar-refractivity contribution in [3.05, 3.63) is 22.4 Å². The van der Waals surface area contributed by atoms with Crippen LogP contribution in [-0.2, 0) is 6.54 Å². The molecular weight excluding hydrogens is 302 g/mol. The summed E-state index contributed by atoms with van der Waals surface area (Å²) in [5.74, 6) is 1.79. The molecule has 112 valence electrons. The Morgan fingerprint density at radius 3 is 2.90 bits per heavy atom. The van der Waals surface area contributed by atoms with Crippen LogP contribution in [-0.4, -0.2) is 27.5 Å². The minimum Gasteiger partial charge on any atom is -0.293 e. The number of rotatable bonds is 3. The molecule has 0 N–H and O–H groups in total. The first-order valence-electron chi connectivity index (χ1n) is 7.95. The van der Waals surface area contributed by atoms with E-state index in [1.807, 2.05) is 11.4 Å². The molecule has 1 unspecified atom stereocenters. The molecule has 1 saturated heterocycles. The summed E-state index contributed by atoms with van der Waals surface area (Å²) in [4.78, 5) is 12.8. The fourth-order valence-electron chi connectivity index (χ4n) is 4.04. The van der Waals surface area contributed by atoms with E-state index in [0.717, 1.165) is 34.5 Å². The predicted molar refractivity (Wildman–Crippen MR) is 87.8 cm³/mol. The molecule has 5 heteroatoms. The third-order valence-electron chi connectivity index (χ3n) is 5.03. The quantitative estimate of drug-likeness (QED) is 0.779. The zero-order valence-electron chi connectivity index (χ0n) is 12.1. The Labute approximate surface area is 134 Å². The Balaban J connectivity index is 1.55. The van der Waals surface area contributed by atoms with Crippen LogP contribution in [0.15, 0.2) is 11.4 Å². The van der Waals surface area contributed by atoms with Gasteiger partial charge < -0.3 is 0 Å². The SMILES string of the molecule is Clc1nc(CN2CCCC2C2CCCC2)nc2sccc12. The summed E-state index contributed by atoms with van der Waals surface area (Å²) in [6.45, 7) is 2.04. The van der Waals surface area contributed by atoms with Crippen molar-refractivity contribution in [3.63, 3.8) is 0 Å². The third kappa shape index (κ3) is 2.69. The molecule has 0 radical (unpaired) electrons. The number of halogens is 1. The molecule has 1 saturated carbocycles. The number of aromatic nitrogens is 2. The Kier molecular flexibility index (Phi) is 3.86. The van der Waals surface area contributed by atoms with Gasteiger partial charge in [-0.05, 0) is 49.6 Å². The molecule has 3 heterocycles. The van der Waals surface area contributed by atoms with Gasteiger partial charge in [-0.25, -0.2) is 9.97 Å². The lowest BCUT2D eigenvalue weighted by molar-refractivity contribution is 0.179. The summed E-state index contributed by atoms with van der Waals surface area (Å²) in [6.07, 6.45) is 8.31. The van der Waals surface area contributed by atoms with Gasteiger partial charge in [-0.15, -0.1) is 11.3 Å². The molecule has 2 aromatic rings. The number of fused-ring (bicyclic) bond motifs is 1. The summed E-state index contributed by atoms with van der Waals surface area (Å²) in [5, 5.41) is 3.62. The van der Waals surface area contributed by atoms with Gasteiger partial charge >= 0.3 is 0 Å². The van der Waals surface area contributed by atoms with Gasteiger partial charge in [0.05, 0.1) is 6.54 Å². The highest BCUT2D eigenvalue weighted by molar-refractivity contribution is 7.16. The zero-order valence-corrected chi connectivity index (χ0v) is 13.7. The van der Waals surface area contributed by atoms with Crippen molar-refractivity contribution >= 4 is 33.2 Å². The predicted octanol–water partition coefficient (Wildman–Crippen LogP) is 4.50. The van der Waals surface area contributed by atoms with E-state index in [1.165, 1.54) is 45.1 Å². The summed E-state index contributed by atoms with van der Waals surface area (Å²) in [6, 6.07) is 2.75. The molecule has 2 aromatic heterocycles. The van der Waals surface area contributed by atoms with Crippen molar-refractivity contribution < 1.29 is 0 Å². The molecule has 1 aliphatic carbocycles. The normalized spacial score (nSPS) is 24.3. The van der Waals surface area contributed by atoms with Crippen LogP contribution in [0.3, 0.4) is 0 Å². The van der Waals surface area contributed by atoms with Crippen LogP contribution in [0.5, 0.6) is 0 Å². The number of hydrogen-bond donors (Lipinski definition) is 0. The fraction of sp³-hybridized carbons (Fsp3) is 0.625. The van der Waals surface area contributed by atoms with E-state index in [-0.39, 0.29) is 0 Å². The van der Waals surface area contributed by atoms with Crippen molar-refractivity contribution in [3.8, 4) is 0 Å². The highest BCUT2D eigenvalue weighted by atomic mass is 35.5. The second kappa shape index (κ2) is 5.82. The molecule has 3 nitrogen and oxygen atoms in total. The van der Waals surface area contributed by atoms with E-state index in [9.17, 15) is 0 Å². The first-order valence-corrected chi connectivity index (χ1v) is 9.21. The maximum Gasteiger partial charge on any atom is 0.145 e. The van der Waals surface area contributed by atoms with E-state index in [1.54, 1.807) is 11.3 Å². The van der Waals surface area contributed by atoms with Crippen LogP contribution in [0.2, 0.25) is 5.15 Å². The first kappa shape index (κ1) is 13.9. The number of hydrogen-bond acceptors (Lipinski definition) is 4. The molecule has 0 bridgehead atoms. The van der Waals surface area contributed by atoms with E-state index in [0.29, 0.717) is 5.15 Å². The van der Waals surface area contributed by atoms with Crippen molar-refractivity contribution in [2.75, 3.05) is 6.54 Å². The first-order chi connectivity index (χ1) is 10.3. The lowest BCUT2D eigenvalue weighted by atomic mass is 9.96. The van der Waals surface area contributed by atoms with E-state index in [2.05, 4.69) is 9.88 Å². The second-order valence-electron chi connectivity index (χ2n) is 6.29. The van der Waals surface area contributed by atoms with Gasteiger partial charge in [0.15, 0.2) is 0 Å². The van der Waals surface area contributed by atoms with Gasteiger partial charge in [-0.1, -0.05) is 24.4 Å². The van der Waals surface area contributed by atoms with Crippen LogP contribution >= 0.6 is 22.9 Å². The Hall–Kier alpha value is -0.710. The molecule has 0 aromatic carbocycles. The lowest BCUT2D eigenvalue weighted by Crippen LogP contribution is -2.34. The number of likely N-dealkylation sites (tertiary alicyclic amines) is 1. The van der Waals surface area contributed by atoms with Crippen molar-refractivity contribution in [1.82, 2.24) is 14.9 Å². The molecule has 4 rings (SSSR count). The minimum atomic E-state index is 0.605. The Morgan fingerprint density at radius 1 is 1.19 bits per heavy atom. The van der Waals surface area contributed by atoms with Crippen molar-refractivity contribution in [1.29, 1.82) is 0 Å². The van der Waals surface area contributed by atoms with Gasteiger partial charge in [0.1, 0.15) is 15.8 Å². The Bertz CT molecular complexity index is 635. The highest BCUT2D eigenvalue weighted by Gasteiger charge is 2.33.